The van der Waals surface area contributed by atoms with Crippen LogP contribution >= 0.6 is 12.4 Å². The predicted octanol–water partition coefficient (Wildman–Crippen LogP) is 2.46. The summed E-state index contributed by atoms with van der Waals surface area (Å²) in [7, 11) is 0. The molecule has 0 aliphatic carbocycles. The number of alkyl halides is 2. The van der Waals surface area contributed by atoms with Crippen molar-refractivity contribution < 1.29 is 8.78 Å². The Hall–Kier alpha value is -0.740. The van der Waals surface area contributed by atoms with E-state index in [1.54, 1.807) is 13.0 Å². The minimum atomic E-state index is -2.51. The van der Waals surface area contributed by atoms with Crippen molar-refractivity contribution in [3.05, 3.63) is 29.6 Å². The van der Waals surface area contributed by atoms with Crippen LogP contribution in [0, 0.1) is 0 Å². The van der Waals surface area contributed by atoms with E-state index in [9.17, 15) is 8.78 Å². The summed E-state index contributed by atoms with van der Waals surface area (Å²) in [5.41, 5.74) is 6.07. The Kier molecular flexibility index (Phi) is 4.80. The van der Waals surface area contributed by atoms with Crippen molar-refractivity contribution >= 4 is 12.4 Å². The number of nitrogens with two attached hydrogens (primary N) is 1. The first kappa shape index (κ1) is 12.3. The lowest BCUT2D eigenvalue weighted by Crippen LogP contribution is -2.05. The van der Waals surface area contributed by atoms with Crippen LogP contribution < -0.4 is 5.73 Å². The number of nitrogens with zero attached hydrogens (tertiary/aromatic N) is 1. The molecular weight excluding hydrogens is 198 g/mol. The molecule has 0 bridgehead atoms. The van der Waals surface area contributed by atoms with E-state index in [-0.39, 0.29) is 24.1 Å². The summed E-state index contributed by atoms with van der Waals surface area (Å²) < 4.78 is 24.0. The third kappa shape index (κ3) is 3.24. The lowest BCUT2D eigenvalue weighted by Gasteiger charge is -2.04. The maximum atomic E-state index is 12.0. The number of aromatic nitrogens is 1. The van der Waals surface area contributed by atoms with Gasteiger partial charge in [-0.15, -0.1) is 12.4 Å². The fraction of sp³-hybridized carbons (Fsp3) is 0.375. The SMILES string of the molecule is C[C@@H](N)c1ccc(C(F)F)nc1.Cl. The van der Waals surface area contributed by atoms with E-state index in [1.807, 2.05) is 0 Å². The van der Waals surface area contributed by atoms with Crippen molar-refractivity contribution in [2.45, 2.75) is 19.4 Å². The second-order valence-corrected chi connectivity index (χ2v) is 2.61. The van der Waals surface area contributed by atoms with Crippen molar-refractivity contribution in [2.75, 3.05) is 0 Å². The topological polar surface area (TPSA) is 38.9 Å². The van der Waals surface area contributed by atoms with Crippen LogP contribution in [0.2, 0.25) is 0 Å². The average Bonchev–Trinajstić information content (AvgIpc) is 2.04. The Morgan fingerprint density at radius 3 is 2.31 bits per heavy atom. The van der Waals surface area contributed by atoms with Crippen LogP contribution in [0.3, 0.4) is 0 Å². The second-order valence-electron chi connectivity index (χ2n) is 2.61. The average molecular weight is 209 g/mol. The summed E-state index contributed by atoms with van der Waals surface area (Å²) in [6.45, 7) is 1.78. The van der Waals surface area contributed by atoms with Gasteiger partial charge in [0.2, 0.25) is 0 Å². The molecule has 13 heavy (non-hydrogen) atoms. The van der Waals surface area contributed by atoms with Gasteiger partial charge < -0.3 is 5.73 Å². The normalized spacial score (nSPS) is 12.4. The van der Waals surface area contributed by atoms with E-state index in [0.717, 1.165) is 5.56 Å². The summed E-state index contributed by atoms with van der Waals surface area (Å²) in [5, 5.41) is 0. The van der Waals surface area contributed by atoms with Gasteiger partial charge in [-0.05, 0) is 18.6 Å². The molecule has 0 aliphatic heterocycles. The molecule has 2 nitrogen and oxygen atoms in total. The van der Waals surface area contributed by atoms with Crippen LogP contribution in [-0.4, -0.2) is 4.98 Å². The monoisotopic (exact) mass is 208 g/mol. The highest BCUT2D eigenvalue weighted by Crippen LogP contribution is 2.17. The molecule has 0 aliphatic rings. The minimum absolute atomic E-state index is 0. The molecule has 0 spiro atoms. The highest BCUT2D eigenvalue weighted by molar-refractivity contribution is 5.85. The van der Waals surface area contributed by atoms with E-state index in [4.69, 9.17) is 5.73 Å². The third-order valence-electron chi connectivity index (χ3n) is 1.56. The fourth-order valence-electron chi connectivity index (χ4n) is 0.815. The molecule has 1 atom stereocenters. The Morgan fingerprint density at radius 2 is 2.00 bits per heavy atom. The molecule has 0 amide bonds. The summed E-state index contributed by atoms with van der Waals surface area (Å²) in [6, 6.07) is 2.70. The number of rotatable bonds is 2. The summed E-state index contributed by atoms with van der Waals surface area (Å²) in [6.07, 6.45) is -1.13. The van der Waals surface area contributed by atoms with E-state index in [1.165, 1.54) is 12.3 Å². The lowest BCUT2D eigenvalue weighted by atomic mass is 10.1. The van der Waals surface area contributed by atoms with E-state index >= 15 is 0 Å². The van der Waals surface area contributed by atoms with Gasteiger partial charge in [0.05, 0.1) is 0 Å². The minimum Gasteiger partial charge on any atom is -0.324 e. The smallest absolute Gasteiger partial charge is 0.280 e. The van der Waals surface area contributed by atoms with Gasteiger partial charge in [0.25, 0.3) is 6.43 Å². The van der Waals surface area contributed by atoms with Gasteiger partial charge in [-0.25, -0.2) is 8.78 Å². The molecule has 0 saturated heterocycles. The molecule has 1 heterocycles. The number of halogens is 3. The van der Waals surface area contributed by atoms with Crippen LogP contribution in [-0.2, 0) is 0 Å². The van der Waals surface area contributed by atoms with Gasteiger partial charge in [0, 0.05) is 12.2 Å². The highest BCUT2D eigenvalue weighted by atomic mass is 35.5. The zero-order valence-electron chi connectivity index (χ0n) is 7.08. The number of pyridine rings is 1. The van der Waals surface area contributed by atoms with Gasteiger partial charge in [-0.2, -0.15) is 0 Å². The van der Waals surface area contributed by atoms with Crippen molar-refractivity contribution in [2.24, 2.45) is 5.73 Å². The molecule has 0 aromatic carbocycles. The first-order valence-electron chi connectivity index (χ1n) is 3.61. The van der Waals surface area contributed by atoms with E-state index < -0.39 is 6.43 Å². The molecule has 0 radical (unpaired) electrons. The summed E-state index contributed by atoms with van der Waals surface area (Å²) in [5.74, 6) is 0. The van der Waals surface area contributed by atoms with E-state index in [2.05, 4.69) is 4.98 Å². The molecule has 0 unspecified atom stereocenters. The maximum Gasteiger partial charge on any atom is 0.280 e. The zero-order valence-corrected chi connectivity index (χ0v) is 7.89. The molecule has 0 fully saturated rings. The standard InChI is InChI=1S/C8H10F2N2.ClH/c1-5(11)6-2-3-7(8(9)10)12-4-6;/h2-5,8H,11H2,1H3;1H/t5-;/m1./s1. The third-order valence-corrected chi connectivity index (χ3v) is 1.56. The van der Waals surface area contributed by atoms with Crippen molar-refractivity contribution in [1.82, 2.24) is 4.98 Å². The Balaban J connectivity index is 0.00000144. The van der Waals surface area contributed by atoms with Crippen molar-refractivity contribution in [3.8, 4) is 0 Å². The van der Waals surface area contributed by atoms with Crippen LogP contribution in [0.25, 0.3) is 0 Å². The second kappa shape index (κ2) is 5.09. The molecule has 1 rings (SSSR count). The van der Waals surface area contributed by atoms with Gasteiger partial charge >= 0.3 is 0 Å². The van der Waals surface area contributed by atoms with Gasteiger partial charge in [-0.3, -0.25) is 4.98 Å². The molecule has 1 aromatic heterocycles. The first-order valence-corrected chi connectivity index (χ1v) is 3.61. The number of hydrogen-bond donors (Lipinski definition) is 1. The molecular formula is C8H11ClF2N2. The quantitative estimate of drug-likeness (QED) is 0.811. The van der Waals surface area contributed by atoms with Gasteiger partial charge in [-0.1, -0.05) is 6.07 Å². The largest absolute Gasteiger partial charge is 0.324 e. The Bertz CT molecular complexity index is 222. The lowest BCUT2D eigenvalue weighted by molar-refractivity contribution is 0.146. The van der Waals surface area contributed by atoms with Crippen LogP contribution in [0.5, 0.6) is 0 Å². The zero-order chi connectivity index (χ0) is 9.14. The first-order chi connectivity index (χ1) is 5.61. The number of hydrogen-bond acceptors (Lipinski definition) is 2. The Morgan fingerprint density at radius 1 is 1.38 bits per heavy atom. The van der Waals surface area contributed by atoms with Gasteiger partial charge in [0.15, 0.2) is 0 Å². The van der Waals surface area contributed by atoms with Crippen LogP contribution in [0.15, 0.2) is 18.3 Å². The van der Waals surface area contributed by atoms with Gasteiger partial charge in [0.1, 0.15) is 5.69 Å². The molecule has 0 saturated carbocycles. The summed E-state index contributed by atoms with van der Waals surface area (Å²) >= 11 is 0. The van der Waals surface area contributed by atoms with Crippen LogP contribution in [0.4, 0.5) is 8.78 Å². The highest BCUT2D eigenvalue weighted by Gasteiger charge is 2.08. The van der Waals surface area contributed by atoms with Crippen LogP contribution in [0.1, 0.15) is 30.6 Å². The Labute approximate surface area is 81.6 Å². The molecule has 5 heteroatoms. The molecule has 74 valence electrons. The van der Waals surface area contributed by atoms with Crippen molar-refractivity contribution in [3.63, 3.8) is 0 Å². The molecule has 1 aromatic rings. The van der Waals surface area contributed by atoms with E-state index in [0.29, 0.717) is 0 Å². The maximum absolute atomic E-state index is 12.0. The molecule has 2 N–H and O–H groups in total. The fourth-order valence-corrected chi connectivity index (χ4v) is 0.815. The van der Waals surface area contributed by atoms with Crippen molar-refractivity contribution in [1.29, 1.82) is 0 Å². The predicted molar refractivity (Wildman–Crippen MR) is 49.0 cm³/mol. The summed E-state index contributed by atoms with van der Waals surface area (Å²) in [4.78, 5) is 3.57.